The summed E-state index contributed by atoms with van der Waals surface area (Å²) in [6.45, 7) is 2.83. The average molecular weight is 434 g/mol. The third-order valence-electron chi connectivity index (χ3n) is 3.87. The van der Waals surface area contributed by atoms with Crippen LogP contribution in [0.2, 0.25) is 0 Å². The van der Waals surface area contributed by atoms with Crippen LogP contribution in [0.3, 0.4) is 0 Å². The number of hydrogen-bond acceptors (Lipinski definition) is 6. The Kier molecular flexibility index (Phi) is 5.46. The van der Waals surface area contributed by atoms with Crippen LogP contribution in [0.1, 0.15) is 39.4 Å². The minimum atomic E-state index is -0.724. The van der Waals surface area contributed by atoms with Crippen LogP contribution in [0.25, 0.3) is 11.0 Å². The minimum Gasteiger partial charge on any atom is -0.456 e. The summed E-state index contributed by atoms with van der Waals surface area (Å²) in [4.78, 5) is 35.3. The number of esters is 1. The molecule has 0 saturated heterocycles. The first-order valence-corrected chi connectivity index (χ1v) is 8.86. The molecule has 8 heteroatoms. The highest BCUT2D eigenvalue weighted by atomic mass is 79.9. The van der Waals surface area contributed by atoms with E-state index in [9.17, 15) is 14.4 Å². The maximum Gasteiger partial charge on any atom is 0.375 e. The molecule has 0 spiro atoms. The summed E-state index contributed by atoms with van der Waals surface area (Å²) in [5, 5.41) is 3.35. The summed E-state index contributed by atoms with van der Waals surface area (Å²) in [6, 6.07) is 8.44. The number of ether oxygens (including phenoxy) is 1. The van der Waals surface area contributed by atoms with E-state index in [1.54, 1.807) is 25.1 Å². The maximum atomic E-state index is 12.3. The molecular weight excluding hydrogens is 418 g/mol. The van der Waals surface area contributed by atoms with Crippen molar-refractivity contribution in [2.45, 2.75) is 20.4 Å². The summed E-state index contributed by atoms with van der Waals surface area (Å²) in [6.07, 6.45) is 0. The van der Waals surface area contributed by atoms with Crippen LogP contribution in [0, 0.1) is 6.92 Å². The molecule has 1 N–H and O–H groups in total. The van der Waals surface area contributed by atoms with E-state index in [1.807, 2.05) is 6.07 Å². The summed E-state index contributed by atoms with van der Waals surface area (Å²) < 4.78 is 16.8. The van der Waals surface area contributed by atoms with Gasteiger partial charge in [0.05, 0.1) is 6.54 Å². The quantitative estimate of drug-likeness (QED) is 0.469. The predicted molar refractivity (Wildman–Crippen MR) is 99.5 cm³/mol. The molecule has 2 heterocycles. The van der Waals surface area contributed by atoms with Crippen molar-refractivity contribution in [2.75, 3.05) is 6.61 Å². The highest BCUT2D eigenvalue weighted by Crippen LogP contribution is 2.28. The first-order chi connectivity index (χ1) is 12.8. The average Bonchev–Trinajstić information content (AvgIpc) is 3.23. The van der Waals surface area contributed by atoms with E-state index >= 15 is 0 Å². The van der Waals surface area contributed by atoms with E-state index in [1.165, 1.54) is 13.0 Å². The normalized spacial score (nSPS) is 10.8. The molecule has 0 unspecified atom stereocenters. The zero-order chi connectivity index (χ0) is 19.6. The van der Waals surface area contributed by atoms with Gasteiger partial charge in [-0.05, 0) is 37.3 Å². The van der Waals surface area contributed by atoms with Crippen molar-refractivity contribution in [2.24, 2.45) is 0 Å². The molecule has 2 aromatic heterocycles. The number of Topliss-reactive ketones (excluding diaryl/α,β-unsaturated/α-hetero) is 1. The lowest BCUT2D eigenvalue weighted by Gasteiger charge is -2.02. The van der Waals surface area contributed by atoms with Gasteiger partial charge in [0.25, 0.3) is 0 Å². The van der Waals surface area contributed by atoms with E-state index in [-0.39, 0.29) is 24.0 Å². The zero-order valence-corrected chi connectivity index (χ0v) is 16.2. The number of amides is 1. The molecule has 27 heavy (non-hydrogen) atoms. The third kappa shape index (κ3) is 4.28. The van der Waals surface area contributed by atoms with Crippen molar-refractivity contribution in [3.8, 4) is 0 Å². The standard InChI is InChI=1S/C19H16BrNO6/c1-10-14-7-12(20)3-5-16(14)27-18(10)19(24)25-9-15(23)17-6-4-13(26-17)8-21-11(2)22/h3-7H,8-9H2,1-2H3,(H,21,22). The molecule has 0 bridgehead atoms. The monoisotopic (exact) mass is 433 g/mol. The number of furan rings is 2. The molecule has 0 aliphatic heterocycles. The number of benzene rings is 1. The Morgan fingerprint density at radius 3 is 2.67 bits per heavy atom. The van der Waals surface area contributed by atoms with Gasteiger partial charge in [0, 0.05) is 22.3 Å². The van der Waals surface area contributed by atoms with Crippen molar-refractivity contribution in [3.63, 3.8) is 0 Å². The Bertz CT molecular complexity index is 1030. The number of halogens is 1. The van der Waals surface area contributed by atoms with Crippen molar-refractivity contribution in [1.29, 1.82) is 0 Å². The van der Waals surface area contributed by atoms with Crippen LogP contribution in [0.4, 0.5) is 0 Å². The number of hydrogen-bond donors (Lipinski definition) is 1. The lowest BCUT2D eigenvalue weighted by atomic mass is 10.1. The lowest BCUT2D eigenvalue weighted by molar-refractivity contribution is -0.119. The van der Waals surface area contributed by atoms with Gasteiger partial charge in [-0.25, -0.2) is 4.79 Å². The van der Waals surface area contributed by atoms with Gasteiger partial charge in [-0.2, -0.15) is 0 Å². The van der Waals surface area contributed by atoms with Crippen molar-refractivity contribution in [1.82, 2.24) is 5.32 Å². The molecule has 3 rings (SSSR count). The summed E-state index contributed by atoms with van der Waals surface area (Å²) in [7, 11) is 0. The number of carbonyl (C=O) groups excluding carboxylic acids is 3. The van der Waals surface area contributed by atoms with E-state index in [0.29, 0.717) is 16.9 Å². The Morgan fingerprint density at radius 2 is 1.93 bits per heavy atom. The number of aryl methyl sites for hydroxylation is 1. The molecule has 1 amide bonds. The van der Waals surface area contributed by atoms with Gasteiger partial charge in [-0.1, -0.05) is 15.9 Å². The maximum absolute atomic E-state index is 12.3. The Labute approximate surface area is 162 Å². The number of nitrogens with one attached hydrogen (secondary N) is 1. The Morgan fingerprint density at radius 1 is 1.15 bits per heavy atom. The molecule has 7 nitrogen and oxygen atoms in total. The minimum absolute atomic E-state index is 0.0495. The smallest absolute Gasteiger partial charge is 0.375 e. The molecule has 140 valence electrons. The highest BCUT2D eigenvalue weighted by Gasteiger charge is 2.21. The van der Waals surface area contributed by atoms with Gasteiger partial charge in [-0.15, -0.1) is 0 Å². The molecule has 1 aromatic carbocycles. The second kappa shape index (κ2) is 7.79. The first-order valence-electron chi connectivity index (χ1n) is 8.07. The molecule has 0 radical (unpaired) electrons. The predicted octanol–water partition coefficient (Wildman–Crippen LogP) is 3.77. The van der Waals surface area contributed by atoms with Crippen LogP contribution in [-0.2, 0) is 16.1 Å². The van der Waals surface area contributed by atoms with Crippen LogP contribution in [-0.4, -0.2) is 24.3 Å². The number of rotatable bonds is 6. The van der Waals surface area contributed by atoms with Crippen molar-refractivity contribution < 1.29 is 28.0 Å². The van der Waals surface area contributed by atoms with Crippen molar-refractivity contribution >= 4 is 44.6 Å². The SMILES string of the molecule is CC(=O)NCc1ccc(C(=O)COC(=O)c2oc3ccc(Br)cc3c2C)o1. The van der Waals surface area contributed by atoms with Gasteiger partial charge in [-0.3, -0.25) is 9.59 Å². The van der Waals surface area contributed by atoms with E-state index in [2.05, 4.69) is 21.2 Å². The zero-order valence-electron chi connectivity index (χ0n) is 14.6. The molecule has 0 atom stereocenters. The van der Waals surface area contributed by atoms with Gasteiger partial charge in [0.1, 0.15) is 11.3 Å². The van der Waals surface area contributed by atoms with E-state index < -0.39 is 18.4 Å². The van der Waals surface area contributed by atoms with Crippen LogP contribution in [0.5, 0.6) is 0 Å². The van der Waals surface area contributed by atoms with Gasteiger partial charge in [0.15, 0.2) is 12.4 Å². The highest BCUT2D eigenvalue weighted by molar-refractivity contribution is 9.10. The van der Waals surface area contributed by atoms with E-state index in [0.717, 1.165) is 9.86 Å². The second-order valence-electron chi connectivity index (χ2n) is 5.87. The van der Waals surface area contributed by atoms with Crippen LogP contribution in [0.15, 0.2) is 43.6 Å². The number of carbonyl (C=O) groups is 3. The molecule has 0 saturated carbocycles. The second-order valence-corrected chi connectivity index (χ2v) is 6.79. The summed E-state index contributed by atoms with van der Waals surface area (Å²) in [5.74, 6) is -0.887. The first kappa shape index (κ1) is 18.9. The molecule has 0 fully saturated rings. The van der Waals surface area contributed by atoms with Gasteiger partial charge >= 0.3 is 5.97 Å². The molecule has 3 aromatic rings. The van der Waals surface area contributed by atoms with Gasteiger partial charge < -0.3 is 18.9 Å². The number of ketones is 1. The molecule has 0 aliphatic rings. The largest absolute Gasteiger partial charge is 0.456 e. The fourth-order valence-corrected chi connectivity index (χ4v) is 2.85. The van der Waals surface area contributed by atoms with Crippen molar-refractivity contribution in [3.05, 3.63) is 57.6 Å². The molecule has 0 aliphatic carbocycles. The Balaban J connectivity index is 1.64. The van der Waals surface area contributed by atoms with E-state index in [4.69, 9.17) is 13.6 Å². The summed E-state index contributed by atoms with van der Waals surface area (Å²) >= 11 is 3.37. The van der Waals surface area contributed by atoms with Crippen LogP contribution >= 0.6 is 15.9 Å². The lowest BCUT2D eigenvalue weighted by Crippen LogP contribution is -2.18. The van der Waals surface area contributed by atoms with Gasteiger partial charge in [0.2, 0.25) is 17.5 Å². The Hall–Kier alpha value is -2.87. The number of fused-ring (bicyclic) bond motifs is 1. The van der Waals surface area contributed by atoms with Crippen LogP contribution < -0.4 is 5.32 Å². The fourth-order valence-electron chi connectivity index (χ4n) is 2.49. The summed E-state index contributed by atoms with van der Waals surface area (Å²) in [5.41, 5.74) is 1.20. The molecular formula is C19H16BrNO6. The fraction of sp³-hybridized carbons (Fsp3) is 0.211. The third-order valence-corrected chi connectivity index (χ3v) is 4.36. The topological polar surface area (TPSA) is 98.8 Å².